The minimum absolute atomic E-state index is 0.0380. The highest BCUT2D eigenvalue weighted by atomic mass is 19.1. The summed E-state index contributed by atoms with van der Waals surface area (Å²) in [5, 5.41) is 7.34. The van der Waals surface area contributed by atoms with Crippen LogP contribution in [0.25, 0.3) is 5.69 Å². The van der Waals surface area contributed by atoms with Gasteiger partial charge < -0.3 is 20.5 Å². The lowest BCUT2D eigenvalue weighted by Gasteiger charge is -2.21. The van der Waals surface area contributed by atoms with E-state index in [2.05, 4.69) is 24.3 Å². The molecule has 0 amide bonds. The number of halogens is 2. The first-order chi connectivity index (χ1) is 19.2. The molecular formula is C30H36F2N4O4. The fraction of sp³-hybridized carbons (Fsp3) is 0.433. The van der Waals surface area contributed by atoms with Crippen molar-refractivity contribution in [1.82, 2.24) is 15.1 Å². The number of hydrogen-bond acceptors (Lipinski definition) is 7. The summed E-state index contributed by atoms with van der Waals surface area (Å²) in [4.78, 5) is 25.8. The molecule has 4 rings (SSSR count). The zero-order valence-electron chi connectivity index (χ0n) is 22.9. The van der Waals surface area contributed by atoms with Crippen LogP contribution >= 0.6 is 0 Å². The van der Waals surface area contributed by atoms with Crippen molar-refractivity contribution in [2.45, 2.75) is 64.5 Å². The predicted molar refractivity (Wildman–Crippen MR) is 147 cm³/mol. The van der Waals surface area contributed by atoms with Crippen molar-refractivity contribution < 1.29 is 27.8 Å². The van der Waals surface area contributed by atoms with E-state index in [1.165, 1.54) is 12.3 Å². The van der Waals surface area contributed by atoms with Gasteiger partial charge in [0, 0.05) is 11.6 Å². The van der Waals surface area contributed by atoms with Gasteiger partial charge in [-0.05, 0) is 75.3 Å². The van der Waals surface area contributed by atoms with E-state index in [4.69, 9.17) is 15.2 Å². The van der Waals surface area contributed by atoms with Crippen molar-refractivity contribution >= 4 is 17.6 Å². The van der Waals surface area contributed by atoms with Gasteiger partial charge >= 0.3 is 5.97 Å². The molecule has 1 aromatic heterocycles. The van der Waals surface area contributed by atoms with Crippen molar-refractivity contribution in [2.24, 2.45) is 5.92 Å². The molecule has 40 heavy (non-hydrogen) atoms. The van der Waals surface area contributed by atoms with Gasteiger partial charge in [-0.25, -0.2) is 13.5 Å². The number of aromatic nitrogens is 2. The van der Waals surface area contributed by atoms with Crippen molar-refractivity contribution in [2.75, 3.05) is 18.9 Å². The number of nitrogens with zero attached hydrogens (tertiary/aromatic N) is 2. The molecule has 1 aliphatic carbocycles. The van der Waals surface area contributed by atoms with Crippen LogP contribution in [0.5, 0.6) is 5.75 Å². The third-order valence-electron chi connectivity index (χ3n) is 6.84. The first-order valence-corrected chi connectivity index (χ1v) is 13.7. The fourth-order valence-corrected chi connectivity index (χ4v) is 4.79. The average molecular weight is 555 g/mol. The molecule has 1 atom stereocenters. The van der Waals surface area contributed by atoms with Crippen molar-refractivity contribution in [3.05, 3.63) is 71.4 Å². The summed E-state index contributed by atoms with van der Waals surface area (Å²) in [7, 11) is 0. The SMILES string of the molecule is CC(C)C[C@H](NCCCOc1cccc(C(=O)c2cnn(-c3ccc(F)cc3F)c2N)c1)C(=O)OC1CCCC1. The van der Waals surface area contributed by atoms with E-state index in [1.54, 1.807) is 24.3 Å². The average Bonchev–Trinajstić information content (AvgIpc) is 3.57. The third kappa shape index (κ3) is 7.44. The monoisotopic (exact) mass is 554 g/mol. The van der Waals surface area contributed by atoms with Gasteiger partial charge in [-0.15, -0.1) is 0 Å². The normalized spacial score (nSPS) is 14.4. The van der Waals surface area contributed by atoms with Crippen LogP contribution in [-0.4, -0.2) is 46.8 Å². The predicted octanol–water partition coefficient (Wildman–Crippen LogP) is 5.22. The van der Waals surface area contributed by atoms with Crippen molar-refractivity contribution in [1.29, 1.82) is 0 Å². The Hall–Kier alpha value is -3.79. The molecule has 10 heteroatoms. The van der Waals surface area contributed by atoms with E-state index < -0.39 is 17.4 Å². The largest absolute Gasteiger partial charge is 0.494 e. The Morgan fingerprint density at radius 3 is 2.65 bits per heavy atom. The molecule has 0 unspecified atom stereocenters. The quantitative estimate of drug-likeness (QED) is 0.169. The molecule has 8 nitrogen and oxygen atoms in total. The maximum atomic E-state index is 14.2. The number of carbonyl (C=O) groups excluding carboxylic acids is 2. The van der Waals surface area contributed by atoms with E-state index >= 15 is 0 Å². The van der Waals surface area contributed by atoms with Crippen molar-refractivity contribution in [3.63, 3.8) is 0 Å². The van der Waals surface area contributed by atoms with E-state index in [9.17, 15) is 18.4 Å². The van der Waals surface area contributed by atoms with E-state index in [1.807, 2.05) is 0 Å². The second-order valence-corrected chi connectivity index (χ2v) is 10.5. The number of ketones is 1. The minimum Gasteiger partial charge on any atom is -0.494 e. The zero-order chi connectivity index (χ0) is 28.6. The number of esters is 1. The van der Waals surface area contributed by atoms with Crippen LogP contribution in [0.2, 0.25) is 0 Å². The van der Waals surface area contributed by atoms with E-state index in [0.717, 1.165) is 42.5 Å². The Morgan fingerprint density at radius 2 is 1.93 bits per heavy atom. The number of ether oxygens (including phenoxy) is 2. The number of nitrogens with two attached hydrogens (primary N) is 1. The Labute approximate surface area is 232 Å². The third-order valence-corrected chi connectivity index (χ3v) is 6.84. The molecule has 3 N–H and O–H groups in total. The lowest BCUT2D eigenvalue weighted by molar-refractivity contribution is -0.151. The molecule has 1 saturated carbocycles. The molecular weight excluding hydrogens is 518 g/mol. The maximum Gasteiger partial charge on any atom is 0.323 e. The highest BCUT2D eigenvalue weighted by molar-refractivity contribution is 6.11. The molecule has 0 radical (unpaired) electrons. The summed E-state index contributed by atoms with van der Waals surface area (Å²) in [5.74, 6) is -1.38. The summed E-state index contributed by atoms with van der Waals surface area (Å²) >= 11 is 0. The lowest BCUT2D eigenvalue weighted by Crippen LogP contribution is -2.41. The summed E-state index contributed by atoms with van der Waals surface area (Å²) in [5.41, 5.74) is 6.45. The first-order valence-electron chi connectivity index (χ1n) is 13.7. The van der Waals surface area contributed by atoms with Gasteiger partial charge in [0.15, 0.2) is 11.6 Å². The number of benzene rings is 2. The van der Waals surface area contributed by atoms with Crippen LogP contribution in [0.3, 0.4) is 0 Å². The van der Waals surface area contributed by atoms with Crippen molar-refractivity contribution in [3.8, 4) is 11.4 Å². The molecule has 1 fully saturated rings. The molecule has 0 saturated heterocycles. The molecule has 3 aromatic rings. The summed E-state index contributed by atoms with van der Waals surface area (Å²) < 4.78 is 40.1. The van der Waals surface area contributed by atoms with E-state index in [0.29, 0.717) is 43.2 Å². The van der Waals surface area contributed by atoms with Crippen LogP contribution in [0, 0.1) is 17.6 Å². The standard InChI is InChI=1S/C30H36F2N4O4/c1-19(2)15-26(30(38)40-22-8-3-4-9-22)34-13-6-14-39-23-10-5-7-20(16-23)28(37)24-18-35-36(29(24)33)27-12-11-21(31)17-25(27)32/h5,7,10-12,16-19,22,26,34H,3-4,6,8-9,13-15,33H2,1-2H3/t26-/m0/s1. The van der Waals surface area contributed by atoms with E-state index in [-0.39, 0.29) is 35.2 Å². The lowest BCUT2D eigenvalue weighted by atomic mass is 10.0. The first kappa shape index (κ1) is 29.2. The topological polar surface area (TPSA) is 108 Å². The zero-order valence-corrected chi connectivity index (χ0v) is 22.9. The van der Waals surface area contributed by atoms with Gasteiger partial charge in [0.1, 0.15) is 35.2 Å². The molecule has 214 valence electrons. The number of nitrogens with one attached hydrogen (secondary N) is 1. The summed E-state index contributed by atoms with van der Waals surface area (Å²) in [6.07, 6.45) is 6.74. The Kier molecular flexibility index (Phi) is 9.87. The van der Waals surface area contributed by atoms with Crippen LogP contribution in [0.1, 0.15) is 68.3 Å². The Morgan fingerprint density at radius 1 is 1.15 bits per heavy atom. The number of hydrogen-bond donors (Lipinski definition) is 2. The van der Waals surface area contributed by atoms with Gasteiger partial charge in [0.25, 0.3) is 0 Å². The fourth-order valence-electron chi connectivity index (χ4n) is 4.79. The molecule has 1 aliphatic rings. The smallest absolute Gasteiger partial charge is 0.323 e. The highest BCUT2D eigenvalue weighted by Crippen LogP contribution is 2.24. The molecule has 2 aromatic carbocycles. The molecule has 0 bridgehead atoms. The van der Waals surface area contributed by atoms with Crippen LogP contribution in [0.4, 0.5) is 14.6 Å². The van der Waals surface area contributed by atoms with Gasteiger partial charge in [-0.1, -0.05) is 26.0 Å². The highest BCUT2D eigenvalue weighted by Gasteiger charge is 2.26. The second-order valence-electron chi connectivity index (χ2n) is 10.5. The van der Waals surface area contributed by atoms with Gasteiger partial charge in [0.05, 0.1) is 18.4 Å². The van der Waals surface area contributed by atoms with Gasteiger partial charge in [0.2, 0.25) is 0 Å². The molecule has 0 spiro atoms. The number of nitrogen functional groups attached to an aromatic ring is 1. The second kappa shape index (κ2) is 13.5. The van der Waals surface area contributed by atoms with Crippen LogP contribution < -0.4 is 15.8 Å². The van der Waals surface area contributed by atoms with Crippen LogP contribution in [0.15, 0.2) is 48.7 Å². The van der Waals surface area contributed by atoms with Crippen LogP contribution in [-0.2, 0) is 9.53 Å². The number of anilines is 1. The minimum atomic E-state index is -0.847. The van der Waals surface area contributed by atoms with Gasteiger partial charge in [-0.3, -0.25) is 9.59 Å². The number of carbonyl (C=O) groups is 2. The summed E-state index contributed by atoms with van der Waals surface area (Å²) in [6.45, 7) is 5.11. The Bertz CT molecular complexity index is 1320. The number of rotatable bonds is 13. The Balaban J connectivity index is 1.31. The van der Waals surface area contributed by atoms with Gasteiger partial charge in [-0.2, -0.15) is 5.10 Å². The molecule has 1 heterocycles. The summed E-state index contributed by atoms with van der Waals surface area (Å²) in [6, 6.07) is 9.32. The maximum absolute atomic E-state index is 14.2. The molecule has 0 aliphatic heterocycles.